The predicted octanol–water partition coefficient (Wildman–Crippen LogP) is 4.18. The number of rotatable bonds is 8. The lowest BCUT2D eigenvalue weighted by Crippen LogP contribution is -2.23. The van der Waals surface area contributed by atoms with E-state index in [0.29, 0.717) is 12.6 Å². The molecule has 1 saturated carbocycles. The largest absolute Gasteiger partial charge is 0.478 e. The van der Waals surface area contributed by atoms with Crippen molar-refractivity contribution in [3.05, 3.63) is 47.8 Å². The maximum absolute atomic E-state index is 13.3. The number of hydrogen-bond acceptors (Lipinski definition) is 7. The van der Waals surface area contributed by atoms with Gasteiger partial charge in [0.1, 0.15) is 12.0 Å². The Morgan fingerprint density at radius 3 is 2.43 bits per heavy atom. The maximum Gasteiger partial charge on any atom is 0.433 e. The van der Waals surface area contributed by atoms with Gasteiger partial charge in [0.2, 0.25) is 5.95 Å². The highest BCUT2D eigenvalue weighted by molar-refractivity contribution is 6.19. The molecule has 0 spiro atoms. The Morgan fingerprint density at radius 2 is 1.86 bits per heavy atom. The molecule has 0 bridgehead atoms. The van der Waals surface area contributed by atoms with Gasteiger partial charge in [0.15, 0.2) is 5.82 Å². The van der Waals surface area contributed by atoms with Crippen LogP contribution in [0.5, 0.6) is 0 Å². The van der Waals surface area contributed by atoms with Crippen molar-refractivity contribution in [2.24, 2.45) is 0 Å². The van der Waals surface area contributed by atoms with Gasteiger partial charge in [0.25, 0.3) is 5.92 Å². The van der Waals surface area contributed by atoms with Crippen molar-refractivity contribution in [3.63, 3.8) is 0 Å². The van der Waals surface area contributed by atoms with Crippen LogP contribution in [0.1, 0.15) is 42.6 Å². The topological polar surface area (TPSA) is 119 Å². The van der Waals surface area contributed by atoms with Crippen molar-refractivity contribution in [3.8, 4) is 11.4 Å². The second kappa shape index (κ2) is 9.00. The second-order valence-electron chi connectivity index (χ2n) is 8.05. The molecule has 35 heavy (non-hydrogen) atoms. The van der Waals surface area contributed by atoms with E-state index in [2.05, 4.69) is 30.4 Å². The quantitative estimate of drug-likeness (QED) is 0.353. The van der Waals surface area contributed by atoms with Crippen LogP contribution < -0.4 is 5.32 Å². The fourth-order valence-electron chi connectivity index (χ4n) is 3.06. The number of pyridine rings is 1. The molecule has 0 radical (unpaired) electrons. The van der Waals surface area contributed by atoms with Gasteiger partial charge in [0, 0.05) is 48.3 Å². The Morgan fingerprint density at radius 1 is 1.17 bits per heavy atom. The van der Waals surface area contributed by atoms with Crippen LogP contribution in [0.3, 0.4) is 0 Å². The van der Waals surface area contributed by atoms with E-state index in [1.54, 1.807) is 0 Å². The highest BCUT2D eigenvalue weighted by atomic mass is 19.4. The Hall–Kier alpha value is -3.97. The molecule has 3 aromatic heterocycles. The first-order chi connectivity index (χ1) is 16.4. The van der Waals surface area contributed by atoms with E-state index < -0.39 is 30.3 Å². The molecular formula is C21H18F5N7O2. The van der Waals surface area contributed by atoms with E-state index in [4.69, 9.17) is 0 Å². The van der Waals surface area contributed by atoms with Crippen LogP contribution in [-0.2, 0) is 11.0 Å². The average Bonchev–Trinajstić information content (AvgIpc) is 3.53. The number of aliphatic carboxylic acids is 1. The minimum Gasteiger partial charge on any atom is -0.478 e. The van der Waals surface area contributed by atoms with E-state index in [0.717, 1.165) is 48.5 Å². The zero-order chi connectivity index (χ0) is 25.4. The molecular weight excluding hydrogens is 477 g/mol. The summed E-state index contributed by atoms with van der Waals surface area (Å²) in [5.41, 5.74) is -0.910. The van der Waals surface area contributed by atoms with E-state index in [-0.39, 0.29) is 34.4 Å². The summed E-state index contributed by atoms with van der Waals surface area (Å²) in [5, 5.41) is 16.0. The molecule has 9 nitrogen and oxygen atoms in total. The van der Waals surface area contributed by atoms with Crippen LogP contribution in [0.15, 0.2) is 30.9 Å². The first-order valence-electron chi connectivity index (χ1n) is 10.3. The molecule has 0 aliphatic heterocycles. The van der Waals surface area contributed by atoms with Crippen LogP contribution in [0.4, 0.5) is 27.9 Å². The number of carbonyl (C=O) groups is 1. The summed E-state index contributed by atoms with van der Waals surface area (Å²) in [4.78, 5) is 27.1. The number of halogens is 5. The molecule has 1 aliphatic rings. The third-order valence-electron chi connectivity index (χ3n) is 4.91. The van der Waals surface area contributed by atoms with Crippen molar-refractivity contribution >= 4 is 23.7 Å². The van der Waals surface area contributed by atoms with Crippen molar-refractivity contribution in [1.29, 1.82) is 0 Å². The SMILES string of the molecule is CC(F)(F)CNc1ncc(/C(=C\n2cnc(-c3cc(C4CC4)nc(C(F)(F)F)c3)n2)C(=O)O)cn1. The summed E-state index contributed by atoms with van der Waals surface area (Å²) < 4.78 is 66.8. The number of nitrogens with zero attached hydrogens (tertiary/aromatic N) is 6. The summed E-state index contributed by atoms with van der Waals surface area (Å²) in [7, 11) is 0. The predicted molar refractivity (Wildman–Crippen MR) is 113 cm³/mol. The monoisotopic (exact) mass is 495 g/mol. The molecule has 0 aromatic carbocycles. The highest BCUT2D eigenvalue weighted by Crippen LogP contribution is 2.41. The number of anilines is 1. The molecule has 1 aliphatic carbocycles. The average molecular weight is 495 g/mol. The number of carboxylic acid groups (broad SMARTS) is 1. The number of hydrogen-bond donors (Lipinski definition) is 2. The molecule has 2 N–H and O–H groups in total. The lowest BCUT2D eigenvalue weighted by atomic mass is 10.1. The van der Waals surface area contributed by atoms with Gasteiger partial charge in [0.05, 0.1) is 12.1 Å². The van der Waals surface area contributed by atoms with Crippen LogP contribution in [0, 0.1) is 0 Å². The molecule has 0 atom stereocenters. The Kier molecular flexibility index (Phi) is 6.21. The minimum absolute atomic E-state index is 0.0438. The van der Waals surface area contributed by atoms with Gasteiger partial charge in [-0.05, 0) is 25.0 Å². The Labute approximate surface area is 194 Å². The zero-order valence-electron chi connectivity index (χ0n) is 18.1. The van der Waals surface area contributed by atoms with Gasteiger partial charge >= 0.3 is 12.1 Å². The van der Waals surface area contributed by atoms with Crippen LogP contribution >= 0.6 is 0 Å². The summed E-state index contributed by atoms with van der Waals surface area (Å²) in [6, 6.07) is 2.33. The van der Waals surface area contributed by atoms with Gasteiger partial charge in [-0.1, -0.05) is 0 Å². The second-order valence-corrected chi connectivity index (χ2v) is 8.05. The fraction of sp³-hybridized carbons (Fsp3) is 0.333. The minimum atomic E-state index is -4.65. The van der Waals surface area contributed by atoms with Crippen LogP contribution in [0.25, 0.3) is 23.2 Å². The summed E-state index contributed by atoms with van der Waals surface area (Å²) in [6.07, 6.45) is 1.33. The summed E-state index contributed by atoms with van der Waals surface area (Å²) in [6.45, 7) is 0.0118. The normalized spacial score (nSPS) is 14.7. The maximum atomic E-state index is 13.3. The van der Waals surface area contributed by atoms with Gasteiger partial charge in [-0.3, -0.25) is 0 Å². The molecule has 1 fully saturated rings. The van der Waals surface area contributed by atoms with E-state index in [9.17, 15) is 31.9 Å². The van der Waals surface area contributed by atoms with Gasteiger partial charge < -0.3 is 10.4 Å². The number of alkyl halides is 5. The fourth-order valence-corrected chi connectivity index (χ4v) is 3.06. The molecule has 184 valence electrons. The third-order valence-corrected chi connectivity index (χ3v) is 4.91. The standard InChI is InChI=1S/C21H18F5N7O2/c1-20(22,23)9-29-19-27-6-13(7-28-19)14(18(34)35)8-33-10-30-17(32-33)12-4-15(11-2-3-11)31-16(5-12)21(24,25)26/h4-8,10-11H,2-3,9H2,1H3,(H,34,35)(H,27,28,29)/b14-8+. The summed E-state index contributed by atoms with van der Waals surface area (Å²) >= 11 is 0. The lowest BCUT2D eigenvalue weighted by Gasteiger charge is -2.11. The smallest absolute Gasteiger partial charge is 0.433 e. The van der Waals surface area contributed by atoms with Gasteiger partial charge in [-0.2, -0.15) is 13.2 Å². The highest BCUT2D eigenvalue weighted by Gasteiger charge is 2.35. The van der Waals surface area contributed by atoms with Crippen LogP contribution in [0.2, 0.25) is 0 Å². The molecule has 0 amide bonds. The number of aromatic nitrogens is 6. The van der Waals surface area contributed by atoms with Gasteiger partial charge in [-0.25, -0.2) is 38.2 Å². The molecule has 4 rings (SSSR count). The van der Waals surface area contributed by atoms with Crippen molar-refractivity contribution < 1.29 is 31.9 Å². The number of nitrogens with one attached hydrogen (secondary N) is 1. The third kappa shape index (κ3) is 6.13. The first-order valence-corrected chi connectivity index (χ1v) is 10.3. The van der Waals surface area contributed by atoms with E-state index >= 15 is 0 Å². The van der Waals surface area contributed by atoms with E-state index in [1.807, 2.05) is 0 Å². The van der Waals surface area contributed by atoms with Gasteiger partial charge in [-0.15, -0.1) is 5.10 Å². The molecule has 0 unspecified atom stereocenters. The van der Waals surface area contributed by atoms with E-state index in [1.165, 1.54) is 6.07 Å². The van der Waals surface area contributed by atoms with Crippen LogP contribution in [-0.4, -0.2) is 53.3 Å². The van der Waals surface area contributed by atoms with Crippen molar-refractivity contribution in [2.75, 3.05) is 11.9 Å². The first kappa shape index (κ1) is 24.2. The van der Waals surface area contributed by atoms with Crippen molar-refractivity contribution in [2.45, 2.75) is 37.8 Å². The molecule has 3 aromatic rings. The summed E-state index contributed by atoms with van der Waals surface area (Å²) in [5.74, 6) is -4.57. The Balaban J connectivity index is 1.61. The Bertz CT molecular complexity index is 1260. The number of carboxylic acids is 1. The molecule has 14 heteroatoms. The van der Waals surface area contributed by atoms with Crippen molar-refractivity contribution in [1.82, 2.24) is 29.7 Å². The zero-order valence-corrected chi connectivity index (χ0v) is 18.1. The molecule has 3 heterocycles. The molecule has 0 saturated heterocycles. The lowest BCUT2D eigenvalue weighted by molar-refractivity contribution is -0.141.